The number of nitrogen functional groups attached to an aromatic ring is 1. The molecule has 42 valence electrons. The maximum absolute atomic E-state index is 7.34. The first-order valence-corrected chi connectivity index (χ1v) is 1.99. The van der Waals surface area contributed by atoms with Gasteiger partial charge in [0, 0.05) is 21.7 Å². The van der Waals surface area contributed by atoms with Gasteiger partial charge in [0.05, 0.1) is 4.11 Å². The molecule has 2 N–H and O–H groups in total. The van der Waals surface area contributed by atoms with E-state index in [2.05, 4.69) is 4.98 Å². The molecule has 0 aliphatic carbocycles. The number of nitrogens with two attached hydrogens (primary N) is 1. The van der Waals surface area contributed by atoms with Crippen LogP contribution < -0.4 is 5.73 Å². The molecule has 8 heavy (non-hydrogen) atoms. The molecule has 2 heteroatoms. The van der Waals surface area contributed by atoms with Gasteiger partial charge in [-0.15, -0.1) is 0 Å². The molecule has 0 unspecified atom stereocenters. The lowest BCUT2D eigenvalue weighted by Gasteiger charge is -1.90. The number of hydrogen-bond donors (Lipinski definition) is 1. The largest absolute Gasteiger partial charge is 0.399 e. The van der Waals surface area contributed by atoms with Crippen LogP contribution in [-0.2, 0) is 0 Å². The third-order valence-electron chi connectivity index (χ3n) is 0.611. The smallest absolute Gasteiger partial charge is 0.0841 e. The van der Waals surface area contributed by atoms with Crippen molar-refractivity contribution in [2.75, 3.05) is 5.73 Å². The molecule has 0 spiro atoms. The molecule has 0 saturated carbocycles. The summed E-state index contributed by atoms with van der Waals surface area (Å²) in [5.74, 6) is 0. The lowest BCUT2D eigenvalue weighted by molar-refractivity contribution is 1.20. The molecule has 0 aliphatic heterocycles. The Kier molecular flexibility index (Phi) is 0.334. The number of aryl methyl sites for hydroxylation is 1. The van der Waals surface area contributed by atoms with Crippen molar-refractivity contribution in [3.8, 4) is 0 Å². The van der Waals surface area contributed by atoms with E-state index in [0.717, 1.165) is 0 Å². The summed E-state index contributed by atoms with van der Waals surface area (Å²) < 4.78 is 42.8. The highest BCUT2D eigenvalue weighted by Gasteiger charge is 1.82. The molecule has 2 nitrogen and oxygen atoms in total. The topological polar surface area (TPSA) is 38.9 Å². The van der Waals surface area contributed by atoms with Crippen LogP contribution in [0.1, 0.15) is 13.9 Å². The first-order valence-electron chi connectivity index (χ1n) is 4.99. The molecule has 0 atom stereocenters. The Hall–Kier alpha value is -1.05. The lowest BCUT2D eigenvalue weighted by Crippen LogP contribution is -1.85. The quantitative estimate of drug-likeness (QED) is 0.546. The van der Waals surface area contributed by atoms with E-state index >= 15 is 0 Å². The summed E-state index contributed by atoms with van der Waals surface area (Å²) >= 11 is 0. The summed E-state index contributed by atoms with van der Waals surface area (Å²) in [6.45, 7) is -2.57. The highest BCUT2D eigenvalue weighted by atomic mass is 14.7. The Morgan fingerprint density at radius 1 is 2.00 bits per heavy atom. The van der Waals surface area contributed by atoms with Gasteiger partial charge in [-0.2, -0.15) is 0 Å². The highest BCUT2D eigenvalue weighted by Crippen LogP contribution is 1.99. The first kappa shape index (κ1) is 1.47. The zero-order valence-electron chi connectivity index (χ0n) is 10.0. The predicted molar refractivity (Wildman–Crippen MR) is 33.4 cm³/mol. The molecule has 1 aromatic heterocycles. The van der Waals surface area contributed by atoms with Crippen LogP contribution in [0.2, 0.25) is 0 Å². The summed E-state index contributed by atoms with van der Waals surface area (Å²) in [5.41, 5.74) is 4.44. The SMILES string of the molecule is [2H]c1nc(C([2H])([2H])[2H])c([2H])c(N)c1[2H]. The summed E-state index contributed by atoms with van der Waals surface area (Å²) in [6, 6.07) is -0.908. The van der Waals surface area contributed by atoms with Crippen LogP contribution >= 0.6 is 0 Å². The van der Waals surface area contributed by atoms with Crippen molar-refractivity contribution in [1.82, 2.24) is 4.98 Å². The molecular weight excluding hydrogens is 100 g/mol. The van der Waals surface area contributed by atoms with Gasteiger partial charge in [-0.05, 0) is 18.9 Å². The van der Waals surface area contributed by atoms with Crippen LogP contribution in [0.4, 0.5) is 5.69 Å². The van der Waals surface area contributed by atoms with E-state index in [1.54, 1.807) is 0 Å². The molecular formula is C6H8N2. The molecule has 0 saturated heterocycles. The normalized spacial score (nSPS) is 21.5. The lowest BCUT2D eigenvalue weighted by atomic mass is 10.3. The van der Waals surface area contributed by atoms with E-state index in [4.69, 9.17) is 14.0 Å². The fourth-order valence-electron chi connectivity index (χ4n) is 0.331. The van der Waals surface area contributed by atoms with Gasteiger partial charge >= 0.3 is 0 Å². The molecule has 0 fully saturated rings. The van der Waals surface area contributed by atoms with Gasteiger partial charge in [0.25, 0.3) is 0 Å². The van der Waals surface area contributed by atoms with Crippen molar-refractivity contribution in [3.05, 3.63) is 24.0 Å². The third-order valence-corrected chi connectivity index (χ3v) is 0.611. The zero-order valence-corrected chi connectivity index (χ0v) is 4.02. The molecule has 1 aromatic rings. The number of nitrogens with zero attached hydrogens (tertiary/aromatic N) is 1. The van der Waals surface area contributed by atoms with Gasteiger partial charge in [-0.3, -0.25) is 4.98 Å². The summed E-state index contributed by atoms with van der Waals surface area (Å²) in [7, 11) is 0. The van der Waals surface area contributed by atoms with Gasteiger partial charge in [-0.25, -0.2) is 0 Å². The maximum Gasteiger partial charge on any atom is 0.0841 e. The molecule has 0 aliphatic rings. The fourth-order valence-corrected chi connectivity index (χ4v) is 0.331. The second-order valence-electron chi connectivity index (χ2n) is 1.24. The van der Waals surface area contributed by atoms with Gasteiger partial charge in [0.2, 0.25) is 0 Å². The van der Waals surface area contributed by atoms with E-state index in [1.807, 2.05) is 0 Å². The van der Waals surface area contributed by atoms with Crippen molar-refractivity contribution >= 4 is 5.69 Å². The molecule has 0 radical (unpaired) electrons. The Balaban J connectivity index is 3.49. The first-order chi connectivity index (χ1) is 6.25. The van der Waals surface area contributed by atoms with E-state index in [-0.39, 0.29) is 5.69 Å². The van der Waals surface area contributed by atoms with Gasteiger partial charge < -0.3 is 5.73 Å². The van der Waals surface area contributed by atoms with Crippen molar-refractivity contribution < 1.29 is 8.22 Å². The Morgan fingerprint density at radius 3 is 3.62 bits per heavy atom. The van der Waals surface area contributed by atoms with E-state index in [0.29, 0.717) is 0 Å². The zero-order chi connectivity index (χ0) is 11.1. The second-order valence-corrected chi connectivity index (χ2v) is 1.24. The van der Waals surface area contributed by atoms with Crippen LogP contribution in [0, 0.1) is 6.85 Å². The van der Waals surface area contributed by atoms with Gasteiger partial charge in [0.15, 0.2) is 0 Å². The van der Waals surface area contributed by atoms with E-state index in [1.165, 1.54) is 0 Å². The van der Waals surface area contributed by atoms with Crippen molar-refractivity contribution in [1.29, 1.82) is 0 Å². The van der Waals surface area contributed by atoms with Crippen molar-refractivity contribution in [2.45, 2.75) is 6.85 Å². The number of hydrogen-bond acceptors (Lipinski definition) is 2. The molecule has 1 heterocycles. The monoisotopic (exact) mass is 114 g/mol. The van der Waals surface area contributed by atoms with Gasteiger partial charge in [0.1, 0.15) is 0 Å². The number of rotatable bonds is 0. The minimum absolute atomic E-state index is 0.323. The number of aromatic nitrogens is 1. The predicted octanol–water partition coefficient (Wildman–Crippen LogP) is 0.972. The van der Waals surface area contributed by atoms with E-state index < -0.39 is 30.8 Å². The molecule has 1 rings (SSSR count). The van der Waals surface area contributed by atoms with Crippen molar-refractivity contribution in [3.63, 3.8) is 0 Å². The highest BCUT2D eigenvalue weighted by molar-refractivity contribution is 5.36. The van der Waals surface area contributed by atoms with Crippen molar-refractivity contribution in [2.24, 2.45) is 0 Å². The van der Waals surface area contributed by atoms with Crippen LogP contribution in [-0.4, -0.2) is 4.98 Å². The molecule has 0 amide bonds. The number of anilines is 1. The van der Waals surface area contributed by atoms with Crippen LogP contribution in [0.3, 0.4) is 0 Å². The minimum Gasteiger partial charge on any atom is -0.399 e. The van der Waals surface area contributed by atoms with E-state index in [9.17, 15) is 0 Å². The number of pyridine rings is 1. The second kappa shape index (κ2) is 1.82. The fraction of sp³-hybridized carbons (Fsp3) is 0.167. The average molecular weight is 114 g/mol. The summed E-state index contributed by atoms with van der Waals surface area (Å²) in [4.78, 5) is 3.35. The maximum atomic E-state index is 7.34. The Bertz CT molecular complexity index is 372. The van der Waals surface area contributed by atoms with Crippen LogP contribution in [0.15, 0.2) is 18.3 Å². The minimum atomic E-state index is -2.57. The van der Waals surface area contributed by atoms with Crippen LogP contribution in [0.5, 0.6) is 0 Å². The Morgan fingerprint density at radius 2 is 2.88 bits per heavy atom. The third kappa shape index (κ3) is 0.964. The average Bonchev–Trinajstić information content (AvgIpc) is 2.06. The van der Waals surface area contributed by atoms with Crippen LogP contribution in [0.25, 0.3) is 0 Å². The summed E-state index contributed by atoms with van der Waals surface area (Å²) in [6.07, 6.45) is -0.523. The standard InChI is InChI=1S/C6H8N2/c1-5-4-6(7)2-3-8-5/h2-4H,1H3,(H2,7,8)/i1D3,2D,3D,4D. The summed E-state index contributed by atoms with van der Waals surface area (Å²) in [5, 5.41) is 0. The molecule has 0 bridgehead atoms. The Labute approximate surface area is 56.8 Å². The van der Waals surface area contributed by atoms with Gasteiger partial charge in [-0.1, -0.05) is 0 Å². The molecule has 0 aromatic carbocycles.